The Kier molecular flexibility index (Phi) is 5.83. The Hall–Kier alpha value is -3.68. The highest BCUT2D eigenvalue weighted by Crippen LogP contribution is 2.46. The van der Waals surface area contributed by atoms with Gasteiger partial charge < -0.3 is 14.2 Å². The minimum absolute atomic E-state index is 0.376. The molecule has 1 fully saturated rings. The van der Waals surface area contributed by atoms with Crippen molar-refractivity contribution < 1.29 is 9.31 Å². The molecule has 1 saturated heterocycles. The maximum absolute atomic E-state index is 6.36. The first-order valence-corrected chi connectivity index (χ1v) is 16.0. The fraction of sp³-hybridized carbons (Fsp3) is 0.167. The first-order chi connectivity index (χ1) is 20.3. The zero-order chi connectivity index (χ0) is 28.6. The van der Waals surface area contributed by atoms with Crippen molar-refractivity contribution >= 4 is 92.7 Å². The fourth-order valence-electron chi connectivity index (χ4n) is 5.95. The van der Waals surface area contributed by atoms with Gasteiger partial charge in [-0.15, -0.1) is 22.7 Å². The van der Waals surface area contributed by atoms with Crippen molar-refractivity contribution in [2.75, 3.05) is 4.90 Å². The summed E-state index contributed by atoms with van der Waals surface area (Å²) in [6.07, 6.45) is 0. The SMILES string of the molecule is CC1(C)OB(c2ccc(N(c3ccc4c(c3)sc3ccccc34)c3cccc4c3sc3ccccc34)cc2)OC1(C)C. The lowest BCUT2D eigenvalue weighted by Crippen LogP contribution is -2.41. The number of thiophene rings is 2. The smallest absolute Gasteiger partial charge is 0.399 e. The lowest BCUT2D eigenvalue weighted by Gasteiger charge is -2.32. The van der Waals surface area contributed by atoms with Gasteiger partial charge in [-0.1, -0.05) is 66.7 Å². The molecule has 1 aliphatic rings. The van der Waals surface area contributed by atoms with E-state index in [1.54, 1.807) is 0 Å². The summed E-state index contributed by atoms with van der Waals surface area (Å²) < 4.78 is 17.9. The molecule has 3 heterocycles. The molecule has 0 spiro atoms. The molecule has 0 saturated carbocycles. The standard InChI is InChI=1S/C36H30BNO2S2/c1-35(2)36(3,4)40-37(39-35)23-16-18-24(19-17-23)38(25-20-21-28-26-10-5-7-14-31(26)41-33(28)22-25)30-13-9-12-29-27-11-6-8-15-32(27)42-34(29)30/h5-22H,1-4H3. The molecular weight excluding hydrogens is 553 g/mol. The van der Waals surface area contributed by atoms with Crippen LogP contribution in [0.15, 0.2) is 109 Å². The van der Waals surface area contributed by atoms with Crippen molar-refractivity contribution in [3.63, 3.8) is 0 Å². The van der Waals surface area contributed by atoms with Crippen molar-refractivity contribution in [3.8, 4) is 0 Å². The molecule has 0 atom stereocenters. The third kappa shape index (κ3) is 4.01. The summed E-state index contributed by atoms with van der Waals surface area (Å²) in [7, 11) is -0.390. The monoisotopic (exact) mass is 583 g/mol. The van der Waals surface area contributed by atoms with Crippen molar-refractivity contribution in [1.82, 2.24) is 0 Å². The van der Waals surface area contributed by atoms with Gasteiger partial charge in [-0.05, 0) is 75.6 Å². The van der Waals surface area contributed by atoms with Crippen LogP contribution in [0, 0.1) is 0 Å². The molecule has 0 amide bonds. The molecular formula is C36H30BNO2S2. The van der Waals surface area contributed by atoms with Gasteiger partial charge in [-0.2, -0.15) is 0 Å². The molecule has 2 aromatic heterocycles. The molecule has 3 nitrogen and oxygen atoms in total. The second-order valence-corrected chi connectivity index (χ2v) is 14.2. The van der Waals surface area contributed by atoms with Crippen LogP contribution in [0.3, 0.4) is 0 Å². The molecule has 0 bridgehead atoms. The van der Waals surface area contributed by atoms with Crippen LogP contribution in [-0.2, 0) is 9.31 Å². The van der Waals surface area contributed by atoms with Crippen LogP contribution in [0.4, 0.5) is 17.1 Å². The largest absolute Gasteiger partial charge is 0.494 e. The zero-order valence-electron chi connectivity index (χ0n) is 24.0. The van der Waals surface area contributed by atoms with E-state index in [1.165, 1.54) is 46.0 Å². The molecule has 42 heavy (non-hydrogen) atoms. The van der Waals surface area contributed by atoms with Crippen molar-refractivity contribution in [2.45, 2.75) is 38.9 Å². The molecule has 0 unspecified atom stereocenters. The maximum atomic E-state index is 6.36. The van der Waals surface area contributed by atoms with E-state index in [0.717, 1.165) is 16.8 Å². The average Bonchev–Trinajstić information content (AvgIpc) is 3.62. The highest BCUT2D eigenvalue weighted by Gasteiger charge is 2.51. The summed E-state index contributed by atoms with van der Waals surface area (Å²) in [4.78, 5) is 2.40. The van der Waals surface area contributed by atoms with Crippen LogP contribution in [0.1, 0.15) is 27.7 Å². The number of rotatable bonds is 4. The van der Waals surface area contributed by atoms with Gasteiger partial charge in [0.1, 0.15) is 0 Å². The Morgan fingerprint density at radius 3 is 1.83 bits per heavy atom. The Labute approximate surface area is 254 Å². The molecule has 0 aliphatic carbocycles. The summed E-state index contributed by atoms with van der Waals surface area (Å²) in [6, 6.07) is 39.6. The highest BCUT2D eigenvalue weighted by atomic mass is 32.1. The van der Waals surface area contributed by atoms with E-state index < -0.39 is 7.12 Å². The van der Waals surface area contributed by atoms with Crippen molar-refractivity contribution in [1.29, 1.82) is 0 Å². The van der Waals surface area contributed by atoms with Gasteiger partial charge in [0, 0.05) is 47.0 Å². The third-order valence-corrected chi connectivity index (χ3v) is 11.3. The number of nitrogens with zero attached hydrogens (tertiary/aromatic N) is 1. The predicted molar refractivity (Wildman–Crippen MR) is 183 cm³/mol. The molecule has 206 valence electrons. The molecule has 6 heteroatoms. The Morgan fingerprint density at radius 2 is 1.12 bits per heavy atom. The molecule has 5 aromatic carbocycles. The number of anilines is 3. The van der Waals surface area contributed by atoms with E-state index in [2.05, 4.69) is 142 Å². The summed E-state index contributed by atoms with van der Waals surface area (Å²) in [5.41, 5.74) is 3.69. The summed E-state index contributed by atoms with van der Waals surface area (Å²) in [5.74, 6) is 0. The third-order valence-electron chi connectivity index (χ3n) is 8.92. The second kappa shape index (κ2) is 9.42. The Morgan fingerprint density at radius 1 is 0.548 bits per heavy atom. The van der Waals surface area contributed by atoms with Gasteiger partial charge in [0.25, 0.3) is 0 Å². The zero-order valence-corrected chi connectivity index (χ0v) is 25.7. The molecule has 8 rings (SSSR count). The Bertz CT molecular complexity index is 2110. The van der Waals surface area contributed by atoms with Crippen molar-refractivity contribution in [2.24, 2.45) is 0 Å². The van der Waals surface area contributed by atoms with E-state index in [-0.39, 0.29) is 11.2 Å². The Balaban J connectivity index is 1.29. The minimum Gasteiger partial charge on any atom is -0.399 e. The van der Waals surface area contributed by atoms with E-state index in [1.807, 2.05) is 22.7 Å². The predicted octanol–water partition coefficient (Wildman–Crippen LogP) is 10.2. The van der Waals surface area contributed by atoms with Crippen LogP contribution >= 0.6 is 22.7 Å². The summed E-state index contributed by atoms with van der Waals surface area (Å²) in [6.45, 7) is 8.38. The first kappa shape index (κ1) is 26.0. The minimum atomic E-state index is -0.390. The maximum Gasteiger partial charge on any atom is 0.494 e. The van der Waals surface area contributed by atoms with E-state index in [9.17, 15) is 0 Å². The van der Waals surface area contributed by atoms with Crippen LogP contribution in [0.5, 0.6) is 0 Å². The molecule has 0 N–H and O–H groups in total. The van der Waals surface area contributed by atoms with Crippen LogP contribution in [-0.4, -0.2) is 18.3 Å². The van der Waals surface area contributed by atoms with Gasteiger partial charge in [0.2, 0.25) is 0 Å². The number of hydrogen-bond donors (Lipinski definition) is 0. The second-order valence-electron chi connectivity index (χ2n) is 12.0. The molecule has 7 aromatic rings. The topological polar surface area (TPSA) is 21.7 Å². The van der Waals surface area contributed by atoms with Crippen LogP contribution in [0.2, 0.25) is 0 Å². The van der Waals surface area contributed by atoms with Gasteiger partial charge in [-0.3, -0.25) is 0 Å². The first-order valence-electron chi connectivity index (χ1n) is 14.4. The molecule has 1 aliphatic heterocycles. The van der Waals surface area contributed by atoms with Gasteiger partial charge in [0.15, 0.2) is 0 Å². The molecule has 0 radical (unpaired) electrons. The van der Waals surface area contributed by atoms with E-state index >= 15 is 0 Å². The van der Waals surface area contributed by atoms with Crippen molar-refractivity contribution in [3.05, 3.63) is 109 Å². The summed E-state index contributed by atoms with van der Waals surface area (Å²) in [5, 5.41) is 5.20. The lowest BCUT2D eigenvalue weighted by atomic mass is 9.79. The van der Waals surface area contributed by atoms with Gasteiger partial charge in [-0.25, -0.2) is 0 Å². The highest BCUT2D eigenvalue weighted by molar-refractivity contribution is 7.26. The van der Waals surface area contributed by atoms with E-state index in [4.69, 9.17) is 9.31 Å². The van der Waals surface area contributed by atoms with E-state index in [0.29, 0.717) is 0 Å². The number of benzene rings is 5. The van der Waals surface area contributed by atoms with Gasteiger partial charge >= 0.3 is 7.12 Å². The van der Waals surface area contributed by atoms with Crippen LogP contribution < -0.4 is 10.4 Å². The van der Waals surface area contributed by atoms with Crippen LogP contribution in [0.25, 0.3) is 40.3 Å². The fourth-order valence-corrected chi connectivity index (χ4v) is 8.29. The number of fused-ring (bicyclic) bond motifs is 6. The van der Waals surface area contributed by atoms with Gasteiger partial charge in [0.05, 0.1) is 21.6 Å². The quantitative estimate of drug-likeness (QED) is 0.193. The number of hydrogen-bond acceptors (Lipinski definition) is 5. The lowest BCUT2D eigenvalue weighted by molar-refractivity contribution is 0.00578. The summed E-state index contributed by atoms with van der Waals surface area (Å²) >= 11 is 3.71. The normalized spacial score (nSPS) is 16.2. The average molecular weight is 584 g/mol.